The molecular weight excluding hydrogens is 448 g/mol. The smallest absolute Gasteiger partial charge is 0.290 e. The Labute approximate surface area is 205 Å². The lowest BCUT2D eigenvalue weighted by Crippen LogP contribution is -2.65. The second-order valence-electron chi connectivity index (χ2n) is 10.0. The first-order valence-corrected chi connectivity index (χ1v) is 12.6. The van der Waals surface area contributed by atoms with Gasteiger partial charge in [-0.1, -0.05) is 42.8 Å². The van der Waals surface area contributed by atoms with E-state index in [1.54, 1.807) is 4.90 Å². The Morgan fingerprint density at radius 1 is 1.12 bits per heavy atom. The lowest BCUT2D eigenvalue weighted by Gasteiger charge is -2.44. The maximum absolute atomic E-state index is 13.8. The Hall–Kier alpha value is -2.86. The third-order valence-electron chi connectivity index (χ3n) is 7.53. The van der Waals surface area contributed by atoms with E-state index in [2.05, 4.69) is 17.2 Å². The van der Waals surface area contributed by atoms with Crippen LogP contribution in [0.2, 0.25) is 5.02 Å². The van der Waals surface area contributed by atoms with Gasteiger partial charge in [-0.15, -0.1) is 0 Å². The van der Waals surface area contributed by atoms with Crippen molar-refractivity contribution in [1.29, 1.82) is 0 Å². The van der Waals surface area contributed by atoms with Crippen molar-refractivity contribution in [2.24, 2.45) is 5.92 Å². The number of imidazole rings is 1. The lowest BCUT2D eigenvalue weighted by molar-refractivity contribution is -0.133. The number of fused-ring (bicyclic) bond motifs is 3. The Morgan fingerprint density at radius 2 is 1.82 bits per heavy atom. The van der Waals surface area contributed by atoms with Gasteiger partial charge in [0.05, 0.1) is 17.6 Å². The van der Waals surface area contributed by atoms with Crippen molar-refractivity contribution in [1.82, 2.24) is 19.8 Å². The molecule has 2 heterocycles. The third-order valence-corrected chi connectivity index (χ3v) is 7.78. The van der Waals surface area contributed by atoms with Crippen LogP contribution in [0.1, 0.15) is 55.7 Å². The van der Waals surface area contributed by atoms with E-state index in [4.69, 9.17) is 11.6 Å². The van der Waals surface area contributed by atoms with Gasteiger partial charge < -0.3 is 14.8 Å². The number of rotatable bonds is 5. The van der Waals surface area contributed by atoms with Crippen LogP contribution in [0.5, 0.6) is 0 Å². The van der Waals surface area contributed by atoms with Gasteiger partial charge in [-0.05, 0) is 74.8 Å². The largest absolute Gasteiger partial charge is 0.351 e. The molecule has 2 aromatic carbocycles. The highest BCUT2D eigenvalue weighted by Crippen LogP contribution is 2.32. The van der Waals surface area contributed by atoms with Gasteiger partial charge in [0.25, 0.3) is 5.91 Å². The lowest BCUT2D eigenvalue weighted by atomic mass is 9.86. The van der Waals surface area contributed by atoms with Crippen molar-refractivity contribution >= 4 is 34.4 Å². The molecule has 34 heavy (non-hydrogen) atoms. The summed E-state index contributed by atoms with van der Waals surface area (Å²) < 4.78 is 1.92. The zero-order chi connectivity index (χ0) is 23.9. The molecule has 0 bridgehead atoms. The summed E-state index contributed by atoms with van der Waals surface area (Å²) in [7, 11) is 0. The number of benzene rings is 2. The zero-order valence-electron chi connectivity index (χ0n) is 19.8. The van der Waals surface area contributed by atoms with E-state index >= 15 is 0 Å². The predicted octanol–water partition coefficient (Wildman–Crippen LogP) is 4.84. The molecule has 1 atom stereocenters. The van der Waals surface area contributed by atoms with Gasteiger partial charge in [-0.25, -0.2) is 4.98 Å². The molecule has 1 fully saturated rings. The average molecular weight is 479 g/mol. The van der Waals surface area contributed by atoms with Crippen LogP contribution in [-0.2, 0) is 17.8 Å². The molecule has 6 nitrogen and oxygen atoms in total. The fourth-order valence-electron chi connectivity index (χ4n) is 5.32. The van der Waals surface area contributed by atoms with Crippen LogP contribution in [-0.4, -0.2) is 44.4 Å². The van der Waals surface area contributed by atoms with E-state index < -0.39 is 5.54 Å². The van der Waals surface area contributed by atoms with E-state index in [1.807, 2.05) is 60.0 Å². The molecule has 5 rings (SSSR count). The molecule has 3 aromatic rings. The van der Waals surface area contributed by atoms with E-state index in [9.17, 15) is 9.59 Å². The van der Waals surface area contributed by atoms with Crippen LogP contribution in [0, 0.1) is 5.92 Å². The molecule has 1 aromatic heterocycles. The minimum atomic E-state index is -1.01. The number of carbonyl (C=O) groups excluding carboxylic acids is 2. The molecule has 0 saturated heterocycles. The summed E-state index contributed by atoms with van der Waals surface area (Å²) in [5, 5.41) is 3.97. The molecule has 1 aliphatic carbocycles. The molecule has 7 heteroatoms. The molecule has 0 radical (unpaired) electrons. The second-order valence-corrected chi connectivity index (χ2v) is 10.5. The fraction of sp³-hybridized carbons (Fsp3) is 0.444. The number of hydrogen-bond donors (Lipinski definition) is 1. The maximum atomic E-state index is 13.8. The standard InChI is InChI=1S/C27H31ClN4O2/c1-18-7-13-21(14-8-18)29-26(34)27(2)17-31-23-6-4-3-5-22(23)30-24(31)25(33)32(27)16-15-19-9-11-20(28)12-10-19/h3-6,9-12,18,21H,7-8,13-17H2,1-2H3,(H,29,34)/t18?,21?,27-/m1/s1. The van der Waals surface area contributed by atoms with Gasteiger partial charge >= 0.3 is 0 Å². The van der Waals surface area contributed by atoms with Crippen LogP contribution >= 0.6 is 11.6 Å². The van der Waals surface area contributed by atoms with Crippen LogP contribution in [0.3, 0.4) is 0 Å². The first-order valence-electron chi connectivity index (χ1n) is 12.2. The number of para-hydroxylation sites is 2. The molecular formula is C27H31ClN4O2. The summed E-state index contributed by atoms with van der Waals surface area (Å²) in [5.41, 5.74) is 1.71. The molecule has 1 N–H and O–H groups in total. The number of aromatic nitrogens is 2. The van der Waals surface area contributed by atoms with Crippen molar-refractivity contribution in [3.05, 3.63) is 64.9 Å². The van der Waals surface area contributed by atoms with Gasteiger partial charge in [-0.3, -0.25) is 9.59 Å². The number of nitrogens with zero attached hydrogens (tertiary/aromatic N) is 3. The highest BCUT2D eigenvalue weighted by atomic mass is 35.5. The quantitative estimate of drug-likeness (QED) is 0.570. The number of amides is 2. The van der Waals surface area contributed by atoms with Crippen LogP contribution in [0.15, 0.2) is 48.5 Å². The topological polar surface area (TPSA) is 67.2 Å². The number of halogens is 1. The van der Waals surface area contributed by atoms with Crippen LogP contribution < -0.4 is 5.32 Å². The Balaban J connectivity index is 1.46. The summed E-state index contributed by atoms with van der Waals surface area (Å²) >= 11 is 6.04. The first-order chi connectivity index (χ1) is 16.3. The monoisotopic (exact) mass is 478 g/mol. The highest BCUT2D eigenvalue weighted by Gasteiger charge is 2.48. The summed E-state index contributed by atoms with van der Waals surface area (Å²) in [6.45, 7) is 4.97. The van der Waals surface area contributed by atoms with Crippen LogP contribution in [0.25, 0.3) is 11.0 Å². The zero-order valence-corrected chi connectivity index (χ0v) is 20.5. The van der Waals surface area contributed by atoms with Gasteiger partial charge in [0, 0.05) is 17.6 Å². The number of nitrogens with one attached hydrogen (secondary N) is 1. The van der Waals surface area contributed by atoms with Gasteiger partial charge in [0.2, 0.25) is 5.91 Å². The summed E-state index contributed by atoms with van der Waals surface area (Å²) in [6, 6.07) is 15.5. The van der Waals surface area contributed by atoms with E-state index in [-0.39, 0.29) is 17.9 Å². The average Bonchev–Trinajstić information content (AvgIpc) is 3.20. The summed E-state index contributed by atoms with van der Waals surface area (Å²) in [4.78, 5) is 33.9. The predicted molar refractivity (Wildman–Crippen MR) is 134 cm³/mol. The van der Waals surface area contributed by atoms with Gasteiger partial charge in [-0.2, -0.15) is 0 Å². The van der Waals surface area contributed by atoms with Crippen molar-refractivity contribution < 1.29 is 9.59 Å². The van der Waals surface area contributed by atoms with Crippen molar-refractivity contribution in [2.45, 2.75) is 64.1 Å². The molecule has 2 aliphatic rings. The second kappa shape index (κ2) is 9.06. The normalized spacial score (nSPS) is 24.8. The molecule has 1 aliphatic heterocycles. The molecule has 0 unspecified atom stereocenters. The molecule has 178 valence electrons. The minimum absolute atomic E-state index is 0.0834. The van der Waals surface area contributed by atoms with Gasteiger partial charge in [0.1, 0.15) is 5.54 Å². The first kappa shape index (κ1) is 22.9. The minimum Gasteiger partial charge on any atom is -0.351 e. The van der Waals surface area contributed by atoms with Gasteiger partial charge in [0.15, 0.2) is 5.82 Å². The Bertz CT molecular complexity index is 1210. The highest BCUT2D eigenvalue weighted by molar-refractivity contribution is 6.30. The third kappa shape index (κ3) is 4.20. The molecule has 0 spiro atoms. The van der Waals surface area contributed by atoms with Crippen molar-refractivity contribution in [3.8, 4) is 0 Å². The van der Waals surface area contributed by atoms with Crippen LogP contribution in [0.4, 0.5) is 0 Å². The maximum Gasteiger partial charge on any atom is 0.290 e. The van der Waals surface area contributed by atoms with E-state index in [1.165, 1.54) is 0 Å². The molecule has 1 saturated carbocycles. The number of hydrogen-bond acceptors (Lipinski definition) is 3. The molecule has 2 amide bonds. The van der Waals surface area contributed by atoms with E-state index in [0.29, 0.717) is 36.3 Å². The number of carbonyl (C=O) groups is 2. The Morgan fingerprint density at radius 3 is 2.56 bits per heavy atom. The van der Waals surface area contributed by atoms with Crippen molar-refractivity contribution in [2.75, 3.05) is 6.54 Å². The summed E-state index contributed by atoms with van der Waals surface area (Å²) in [5.74, 6) is 0.816. The Kier molecular flexibility index (Phi) is 6.11. The summed E-state index contributed by atoms with van der Waals surface area (Å²) in [6.07, 6.45) is 4.85. The van der Waals surface area contributed by atoms with E-state index in [0.717, 1.165) is 42.3 Å². The SMILES string of the molecule is CC1CCC(NC(=O)[C@@]2(C)Cn3c(nc4ccccc43)C(=O)N2CCc2ccc(Cl)cc2)CC1. The van der Waals surface area contributed by atoms with Crippen molar-refractivity contribution in [3.63, 3.8) is 0 Å². The fourth-order valence-corrected chi connectivity index (χ4v) is 5.44.